The average molecular weight is 475 g/mol. The van der Waals surface area contributed by atoms with Gasteiger partial charge in [-0.1, -0.05) is 18.2 Å². The van der Waals surface area contributed by atoms with Crippen LogP contribution in [0.2, 0.25) is 0 Å². The van der Waals surface area contributed by atoms with Gasteiger partial charge in [-0.3, -0.25) is 19.7 Å². The molecule has 9 nitrogen and oxygen atoms in total. The van der Waals surface area contributed by atoms with E-state index in [0.29, 0.717) is 57.3 Å². The van der Waals surface area contributed by atoms with Gasteiger partial charge < -0.3 is 16.0 Å². The van der Waals surface area contributed by atoms with Gasteiger partial charge in [0, 0.05) is 31.1 Å². The smallest absolute Gasteiger partial charge is 0.255 e. The van der Waals surface area contributed by atoms with Crippen LogP contribution in [0, 0.1) is 5.92 Å². The normalized spacial score (nSPS) is 33.1. The monoisotopic (exact) mass is 474 g/mol. The van der Waals surface area contributed by atoms with E-state index in [1.165, 1.54) is 0 Å². The number of sulfone groups is 1. The third-order valence-corrected chi connectivity index (χ3v) is 10.4. The zero-order chi connectivity index (χ0) is 23.4. The summed E-state index contributed by atoms with van der Waals surface area (Å²) in [6.45, 7) is 1.53. The number of nitrogens with one attached hydrogen (secondary N) is 2. The molecular weight excluding hydrogens is 444 g/mol. The Hall–Kier alpha value is -2.30. The van der Waals surface area contributed by atoms with Gasteiger partial charge in [0.15, 0.2) is 9.84 Å². The molecule has 3 fully saturated rings. The number of nitrogens with two attached hydrogens (primary N) is 1. The van der Waals surface area contributed by atoms with E-state index in [2.05, 4.69) is 10.6 Å². The first-order valence-electron chi connectivity index (χ1n) is 11.6. The molecule has 1 aliphatic carbocycles. The quantitative estimate of drug-likeness (QED) is 0.519. The molecule has 3 amide bonds. The lowest BCUT2D eigenvalue weighted by molar-refractivity contribution is -0.136. The van der Waals surface area contributed by atoms with E-state index < -0.39 is 26.5 Å². The second-order valence-corrected chi connectivity index (χ2v) is 12.5. The van der Waals surface area contributed by atoms with Gasteiger partial charge in [0.2, 0.25) is 11.8 Å². The maximum atomic E-state index is 13.2. The van der Waals surface area contributed by atoms with Gasteiger partial charge in [-0.25, -0.2) is 8.42 Å². The number of imide groups is 1. The minimum atomic E-state index is -3.08. The third kappa shape index (κ3) is 3.87. The highest BCUT2D eigenvalue weighted by Gasteiger charge is 2.55. The lowest BCUT2D eigenvalue weighted by Gasteiger charge is -2.50. The lowest BCUT2D eigenvalue weighted by atomic mass is 9.70. The Bertz CT molecular complexity index is 1110. The van der Waals surface area contributed by atoms with Gasteiger partial charge in [-0.15, -0.1) is 0 Å². The largest absolute Gasteiger partial charge is 0.328 e. The van der Waals surface area contributed by atoms with Gasteiger partial charge in [0.25, 0.3) is 5.91 Å². The van der Waals surface area contributed by atoms with Gasteiger partial charge in [-0.2, -0.15) is 0 Å². The number of piperidine rings is 1. The van der Waals surface area contributed by atoms with Crippen molar-refractivity contribution in [2.75, 3.05) is 12.3 Å². The Morgan fingerprint density at radius 2 is 1.94 bits per heavy atom. The predicted molar refractivity (Wildman–Crippen MR) is 121 cm³/mol. The molecule has 2 saturated heterocycles. The highest BCUT2D eigenvalue weighted by atomic mass is 32.2. The van der Waals surface area contributed by atoms with Crippen molar-refractivity contribution in [3.05, 3.63) is 34.9 Å². The number of fused-ring (bicyclic) bond motifs is 1. The van der Waals surface area contributed by atoms with E-state index in [9.17, 15) is 22.8 Å². The zero-order valence-electron chi connectivity index (χ0n) is 18.5. The van der Waals surface area contributed by atoms with Crippen molar-refractivity contribution in [2.24, 2.45) is 11.7 Å². The number of nitrogens with zero attached hydrogens (tertiary/aromatic N) is 1. The van der Waals surface area contributed by atoms with Crippen LogP contribution in [0.1, 0.15) is 60.0 Å². The summed E-state index contributed by atoms with van der Waals surface area (Å²) in [6, 6.07) is 5.05. The average Bonchev–Trinajstić information content (AvgIpc) is 3.06. The Balaban J connectivity index is 1.20. The van der Waals surface area contributed by atoms with Crippen molar-refractivity contribution in [1.29, 1.82) is 0 Å². The molecule has 3 heterocycles. The molecule has 1 aromatic carbocycles. The summed E-state index contributed by atoms with van der Waals surface area (Å²) in [6.07, 6.45) is 2.97. The van der Waals surface area contributed by atoms with E-state index >= 15 is 0 Å². The Labute approximate surface area is 193 Å². The van der Waals surface area contributed by atoms with E-state index in [4.69, 9.17) is 5.73 Å². The molecule has 33 heavy (non-hydrogen) atoms. The van der Waals surface area contributed by atoms with E-state index in [0.717, 1.165) is 11.1 Å². The molecule has 1 aromatic rings. The number of benzene rings is 1. The predicted octanol–water partition coefficient (Wildman–Crippen LogP) is 0.222. The maximum Gasteiger partial charge on any atom is 0.255 e. The lowest BCUT2D eigenvalue weighted by Crippen LogP contribution is -2.58. The first kappa shape index (κ1) is 22.5. The fraction of sp³-hybridized carbons (Fsp3) is 0.609. The van der Waals surface area contributed by atoms with Gasteiger partial charge in [0.1, 0.15) is 6.04 Å². The minimum absolute atomic E-state index is 0.0346. The van der Waals surface area contributed by atoms with Crippen molar-refractivity contribution >= 4 is 27.6 Å². The fourth-order valence-electron chi connectivity index (χ4n) is 6.04. The molecule has 178 valence electrons. The van der Waals surface area contributed by atoms with Crippen molar-refractivity contribution in [2.45, 2.75) is 68.4 Å². The highest BCUT2D eigenvalue weighted by molar-refractivity contribution is 7.92. The van der Waals surface area contributed by atoms with Gasteiger partial charge >= 0.3 is 0 Å². The van der Waals surface area contributed by atoms with E-state index in [1.807, 2.05) is 18.2 Å². The van der Waals surface area contributed by atoms with Crippen LogP contribution in [-0.2, 0) is 32.5 Å². The van der Waals surface area contributed by atoms with Crippen LogP contribution >= 0.6 is 0 Å². The topological polar surface area (TPSA) is 139 Å². The van der Waals surface area contributed by atoms with Crippen LogP contribution in [0.3, 0.4) is 0 Å². The molecule has 0 bridgehead atoms. The van der Waals surface area contributed by atoms with Gasteiger partial charge in [-0.05, 0) is 55.7 Å². The van der Waals surface area contributed by atoms with Crippen LogP contribution in [0.4, 0.5) is 0 Å². The highest BCUT2D eigenvalue weighted by Crippen LogP contribution is 2.49. The summed E-state index contributed by atoms with van der Waals surface area (Å²) >= 11 is 0. The maximum absolute atomic E-state index is 13.2. The Morgan fingerprint density at radius 1 is 1.15 bits per heavy atom. The summed E-state index contributed by atoms with van der Waals surface area (Å²) in [7, 11) is -3.08. The van der Waals surface area contributed by atoms with Crippen LogP contribution in [0.25, 0.3) is 0 Å². The molecule has 0 radical (unpaired) electrons. The molecule has 0 aromatic heterocycles. The second kappa shape index (κ2) is 8.18. The van der Waals surface area contributed by atoms with Crippen molar-refractivity contribution in [3.63, 3.8) is 0 Å². The molecule has 10 heteroatoms. The van der Waals surface area contributed by atoms with Crippen molar-refractivity contribution in [1.82, 2.24) is 15.5 Å². The van der Waals surface area contributed by atoms with Crippen LogP contribution in [-0.4, -0.2) is 60.2 Å². The SMILES string of the molecule is NC1CCS(=O)(=O)C2(C1)CC(CNCc1cccc3c1C(=O)N(C1CCC(=O)NC1=O)C3)C2. The van der Waals surface area contributed by atoms with E-state index in [1.54, 1.807) is 4.90 Å². The fourth-order valence-corrected chi connectivity index (χ4v) is 8.53. The summed E-state index contributed by atoms with van der Waals surface area (Å²) in [5.74, 6) is -0.426. The van der Waals surface area contributed by atoms with E-state index in [-0.39, 0.29) is 35.9 Å². The molecule has 2 unspecified atom stereocenters. The first-order chi connectivity index (χ1) is 15.7. The summed E-state index contributed by atoms with van der Waals surface area (Å²) in [5.41, 5.74) is 8.43. The first-order valence-corrected chi connectivity index (χ1v) is 13.3. The zero-order valence-corrected chi connectivity index (χ0v) is 19.3. The number of hydrogen-bond donors (Lipinski definition) is 3. The number of amides is 3. The van der Waals surface area contributed by atoms with Crippen molar-refractivity contribution in [3.8, 4) is 0 Å². The number of carbonyl (C=O) groups is 3. The van der Waals surface area contributed by atoms with Crippen LogP contribution in [0.5, 0.6) is 0 Å². The number of carbonyl (C=O) groups excluding carboxylic acids is 3. The van der Waals surface area contributed by atoms with Crippen LogP contribution in [0.15, 0.2) is 18.2 Å². The second-order valence-electron chi connectivity index (χ2n) is 10.0. The number of hydrogen-bond acceptors (Lipinski definition) is 7. The molecule has 4 aliphatic rings. The molecule has 5 rings (SSSR count). The van der Waals surface area contributed by atoms with Crippen LogP contribution < -0.4 is 16.4 Å². The van der Waals surface area contributed by atoms with Crippen molar-refractivity contribution < 1.29 is 22.8 Å². The molecule has 1 saturated carbocycles. The summed E-state index contributed by atoms with van der Waals surface area (Å²) < 4.78 is 24.5. The number of rotatable bonds is 5. The third-order valence-electron chi connectivity index (χ3n) is 7.76. The summed E-state index contributed by atoms with van der Waals surface area (Å²) in [4.78, 5) is 38.4. The molecule has 4 N–H and O–H groups in total. The molecule has 3 aliphatic heterocycles. The molecular formula is C23H30N4O5S. The Morgan fingerprint density at radius 3 is 2.70 bits per heavy atom. The minimum Gasteiger partial charge on any atom is -0.328 e. The van der Waals surface area contributed by atoms with Gasteiger partial charge in [0.05, 0.1) is 10.5 Å². The molecule has 2 atom stereocenters. The summed E-state index contributed by atoms with van der Waals surface area (Å²) in [5, 5.41) is 5.73. The Kier molecular flexibility index (Phi) is 5.57. The molecule has 1 spiro atoms. The standard InChI is InChI=1S/C23H30N4O5S/c24-17-6-7-33(31,32)23(10-17)8-14(9-23)11-25-12-15-2-1-3-16-13-27(22(30)20(15)16)18-4-5-19(28)26-21(18)29/h1-3,14,17-18,25H,4-13,24H2,(H,26,28,29).